The molecule has 1 saturated heterocycles. The summed E-state index contributed by atoms with van der Waals surface area (Å²) in [5.74, 6) is -0.152. The largest absolute Gasteiger partial charge is 0.506 e. The molecule has 0 spiro atoms. The number of rotatable bonds is 2. The van der Waals surface area contributed by atoms with E-state index in [9.17, 15) is 9.90 Å². The maximum Gasteiger partial charge on any atom is 0.254 e. The van der Waals surface area contributed by atoms with Gasteiger partial charge in [0.1, 0.15) is 11.3 Å². The van der Waals surface area contributed by atoms with E-state index < -0.39 is 0 Å². The summed E-state index contributed by atoms with van der Waals surface area (Å²) >= 11 is 0. The van der Waals surface area contributed by atoms with E-state index in [0.717, 1.165) is 0 Å². The lowest BCUT2D eigenvalue weighted by atomic mass is 10.1. The molecule has 1 aliphatic rings. The molecule has 1 atom stereocenters. The molecule has 1 aliphatic heterocycles. The van der Waals surface area contributed by atoms with E-state index in [-0.39, 0.29) is 24.4 Å². The molecule has 3 rings (SSSR count). The molecule has 1 aromatic heterocycles. The second kappa shape index (κ2) is 5.34. The second-order valence-corrected chi connectivity index (χ2v) is 5.13. The highest BCUT2D eigenvalue weighted by Crippen LogP contribution is 2.26. The van der Waals surface area contributed by atoms with Crippen LogP contribution in [-0.2, 0) is 11.8 Å². The minimum Gasteiger partial charge on any atom is -0.506 e. The zero-order valence-electron chi connectivity index (χ0n) is 11.7. The van der Waals surface area contributed by atoms with Crippen molar-refractivity contribution >= 4 is 16.8 Å². The van der Waals surface area contributed by atoms with Crippen LogP contribution < -0.4 is 0 Å². The third-order valence-corrected chi connectivity index (χ3v) is 3.69. The highest BCUT2D eigenvalue weighted by Gasteiger charge is 2.25. The smallest absolute Gasteiger partial charge is 0.254 e. The normalized spacial score (nSPS) is 19.1. The topological polar surface area (TPSA) is 87.8 Å². The Morgan fingerprint density at radius 1 is 1.52 bits per heavy atom. The van der Waals surface area contributed by atoms with Gasteiger partial charge in [0.15, 0.2) is 0 Å². The lowest BCUT2D eigenvalue weighted by Gasteiger charge is -2.32. The molecule has 112 valence electrons. The molecule has 0 unspecified atom stereocenters. The number of carbonyl (C=O) groups is 1. The standard InChI is InChI=1S/C14H17N3O4/c1-16-13-10(6-15-16)4-9(5-12(13)19)14(20)17-2-3-21-11(7-17)8-18/h4-6,11,18-19H,2-3,7-8H2,1H3/t11-/m1/s1. The fraction of sp³-hybridized carbons (Fsp3) is 0.429. The van der Waals surface area contributed by atoms with Crippen molar-refractivity contribution < 1.29 is 19.7 Å². The number of nitrogens with zero attached hydrogens (tertiary/aromatic N) is 3. The summed E-state index contributed by atoms with van der Waals surface area (Å²) in [4.78, 5) is 14.1. The monoisotopic (exact) mass is 291 g/mol. The van der Waals surface area contributed by atoms with Gasteiger partial charge in [0.25, 0.3) is 5.91 Å². The molecule has 0 radical (unpaired) electrons. The van der Waals surface area contributed by atoms with Crippen LogP contribution in [0.1, 0.15) is 10.4 Å². The van der Waals surface area contributed by atoms with Gasteiger partial charge in [-0.1, -0.05) is 0 Å². The predicted octanol–water partition coefficient (Wildman–Crippen LogP) is 0.112. The predicted molar refractivity (Wildman–Crippen MR) is 75.1 cm³/mol. The first-order chi connectivity index (χ1) is 10.1. The van der Waals surface area contributed by atoms with Crippen LogP contribution >= 0.6 is 0 Å². The molecule has 2 aromatic rings. The van der Waals surface area contributed by atoms with E-state index in [0.29, 0.717) is 36.2 Å². The number of hydrogen-bond donors (Lipinski definition) is 2. The minimum absolute atomic E-state index is 0.0304. The molecule has 21 heavy (non-hydrogen) atoms. The van der Waals surface area contributed by atoms with Crippen LogP contribution in [0.4, 0.5) is 0 Å². The first-order valence-corrected chi connectivity index (χ1v) is 6.76. The van der Waals surface area contributed by atoms with Crippen molar-refractivity contribution in [2.75, 3.05) is 26.3 Å². The first kappa shape index (κ1) is 13.8. The summed E-state index contributed by atoms with van der Waals surface area (Å²) < 4.78 is 6.90. The van der Waals surface area contributed by atoms with Gasteiger partial charge in [0.05, 0.1) is 25.5 Å². The lowest BCUT2D eigenvalue weighted by Crippen LogP contribution is -2.46. The SMILES string of the molecule is Cn1ncc2cc(C(=O)N3CCO[C@@H](CO)C3)cc(O)c21. The number of amides is 1. The number of hydrogen-bond acceptors (Lipinski definition) is 5. The third-order valence-electron chi connectivity index (χ3n) is 3.69. The number of aryl methyl sites for hydroxylation is 1. The Kier molecular flexibility index (Phi) is 3.52. The van der Waals surface area contributed by atoms with Crippen LogP contribution in [0.15, 0.2) is 18.3 Å². The lowest BCUT2D eigenvalue weighted by molar-refractivity contribution is -0.0447. The Morgan fingerprint density at radius 3 is 3.10 bits per heavy atom. The minimum atomic E-state index is -0.349. The number of aromatic nitrogens is 2. The zero-order chi connectivity index (χ0) is 15.0. The van der Waals surface area contributed by atoms with Crippen LogP contribution in [0.25, 0.3) is 10.9 Å². The van der Waals surface area contributed by atoms with E-state index in [4.69, 9.17) is 9.84 Å². The quantitative estimate of drug-likeness (QED) is 0.820. The third kappa shape index (κ3) is 2.45. The summed E-state index contributed by atoms with van der Waals surface area (Å²) in [7, 11) is 1.73. The average molecular weight is 291 g/mol. The van der Waals surface area contributed by atoms with E-state index in [1.165, 1.54) is 6.07 Å². The molecule has 0 bridgehead atoms. The zero-order valence-corrected chi connectivity index (χ0v) is 11.7. The van der Waals surface area contributed by atoms with Crippen molar-refractivity contribution in [3.8, 4) is 5.75 Å². The van der Waals surface area contributed by atoms with E-state index in [1.54, 1.807) is 28.9 Å². The van der Waals surface area contributed by atoms with Crippen molar-refractivity contribution in [2.45, 2.75) is 6.10 Å². The van der Waals surface area contributed by atoms with Gasteiger partial charge in [0.2, 0.25) is 0 Å². The van der Waals surface area contributed by atoms with Crippen molar-refractivity contribution in [3.05, 3.63) is 23.9 Å². The molecule has 1 fully saturated rings. The number of phenols is 1. The van der Waals surface area contributed by atoms with Gasteiger partial charge in [-0.05, 0) is 12.1 Å². The number of aromatic hydroxyl groups is 1. The summed E-state index contributed by atoms with van der Waals surface area (Å²) in [6.45, 7) is 1.11. The van der Waals surface area contributed by atoms with Gasteiger partial charge >= 0.3 is 0 Å². The Bertz CT molecular complexity index is 682. The van der Waals surface area contributed by atoms with Crippen molar-refractivity contribution in [3.63, 3.8) is 0 Å². The summed E-state index contributed by atoms with van der Waals surface area (Å²) in [6.07, 6.45) is 1.26. The fourth-order valence-electron chi connectivity index (χ4n) is 2.62. The number of aliphatic hydroxyl groups excluding tert-OH is 1. The van der Waals surface area contributed by atoms with E-state index >= 15 is 0 Å². The highest BCUT2D eigenvalue weighted by atomic mass is 16.5. The van der Waals surface area contributed by atoms with Crippen LogP contribution in [0, 0.1) is 0 Å². The number of phenolic OH excluding ortho intramolecular Hbond substituents is 1. The maximum atomic E-state index is 12.5. The molecule has 0 aliphatic carbocycles. The van der Waals surface area contributed by atoms with Crippen LogP contribution in [0.3, 0.4) is 0 Å². The number of benzene rings is 1. The van der Waals surface area contributed by atoms with Gasteiger partial charge in [-0.15, -0.1) is 0 Å². The Labute approximate surface area is 121 Å². The Morgan fingerprint density at radius 2 is 2.33 bits per heavy atom. The van der Waals surface area contributed by atoms with Crippen LogP contribution in [0.2, 0.25) is 0 Å². The molecular weight excluding hydrogens is 274 g/mol. The molecule has 0 saturated carbocycles. The van der Waals surface area contributed by atoms with Gasteiger partial charge in [-0.2, -0.15) is 5.10 Å². The van der Waals surface area contributed by atoms with Gasteiger partial charge in [0, 0.05) is 31.1 Å². The fourth-order valence-corrected chi connectivity index (χ4v) is 2.62. The van der Waals surface area contributed by atoms with Gasteiger partial charge in [-0.25, -0.2) is 0 Å². The van der Waals surface area contributed by atoms with Crippen molar-refractivity contribution in [1.29, 1.82) is 0 Å². The summed E-state index contributed by atoms with van der Waals surface area (Å²) in [5, 5.41) is 24.0. The van der Waals surface area contributed by atoms with Crippen LogP contribution in [0.5, 0.6) is 5.75 Å². The van der Waals surface area contributed by atoms with Crippen molar-refractivity contribution in [1.82, 2.24) is 14.7 Å². The van der Waals surface area contributed by atoms with Gasteiger partial charge < -0.3 is 19.8 Å². The number of morpholine rings is 1. The molecule has 1 amide bonds. The molecular formula is C14H17N3O4. The van der Waals surface area contributed by atoms with E-state index in [1.807, 2.05) is 0 Å². The first-order valence-electron chi connectivity index (χ1n) is 6.76. The average Bonchev–Trinajstić information content (AvgIpc) is 2.88. The Balaban J connectivity index is 1.91. The van der Waals surface area contributed by atoms with Crippen molar-refractivity contribution in [2.24, 2.45) is 7.05 Å². The molecule has 2 N–H and O–H groups in total. The number of fused-ring (bicyclic) bond motifs is 1. The van der Waals surface area contributed by atoms with Crippen LogP contribution in [-0.4, -0.2) is 63.2 Å². The molecule has 2 heterocycles. The summed E-state index contributed by atoms with van der Waals surface area (Å²) in [5.41, 5.74) is 1.01. The second-order valence-electron chi connectivity index (χ2n) is 5.13. The van der Waals surface area contributed by atoms with Gasteiger partial charge in [-0.3, -0.25) is 9.48 Å². The summed E-state index contributed by atoms with van der Waals surface area (Å²) in [6, 6.07) is 3.17. The highest BCUT2D eigenvalue weighted by molar-refractivity contribution is 5.99. The van der Waals surface area contributed by atoms with E-state index in [2.05, 4.69) is 5.10 Å². The number of carbonyl (C=O) groups excluding carboxylic acids is 1. The molecule has 7 heteroatoms. The number of aliphatic hydroxyl groups is 1. The molecule has 1 aromatic carbocycles. The number of ether oxygens (including phenoxy) is 1. The molecule has 7 nitrogen and oxygen atoms in total. The Hall–Kier alpha value is -2.12. The maximum absolute atomic E-state index is 12.5.